The highest BCUT2D eigenvalue weighted by atomic mass is 16.5. The third kappa shape index (κ3) is 4.76. The smallest absolute Gasteiger partial charge is 0.311 e. The molecule has 1 saturated carbocycles. The first-order chi connectivity index (χ1) is 13.1. The van der Waals surface area contributed by atoms with Crippen molar-refractivity contribution < 1.29 is 14.3 Å². The lowest BCUT2D eigenvalue weighted by atomic mass is 9.84. The standard InChI is InChI=1S/C23H27NO3/c1-3-27-23(26)20-10-6-7-11-21(20)24-22(25)14-16(2)18-13-12-17-8-4-5-9-19(17)15-18/h4-5,8-9,12-15,20-21H,3,6-7,10-11H2,1-2H3,(H,24,25)/b16-14-/t20-,21+/m0/s1. The molecule has 0 aromatic heterocycles. The van der Waals surface area contributed by atoms with Crippen LogP contribution in [0.5, 0.6) is 0 Å². The SMILES string of the molecule is CCOC(=O)[C@H]1CCCC[C@H]1NC(=O)/C=C(/C)c1ccc2ccccc2c1. The van der Waals surface area contributed by atoms with Crippen molar-refractivity contribution in [3.8, 4) is 0 Å². The average molecular weight is 365 g/mol. The van der Waals surface area contributed by atoms with E-state index in [1.165, 1.54) is 5.39 Å². The lowest BCUT2D eigenvalue weighted by Gasteiger charge is -2.30. The Morgan fingerprint density at radius 2 is 1.85 bits per heavy atom. The molecule has 0 radical (unpaired) electrons. The van der Waals surface area contributed by atoms with Gasteiger partial charge in [0, 0.05) is 12.1 Å². The zero-order valence-electron chi connectivity index (χ0n) is 16.0. The van der Waals surface area contributed by atoms with Crippen molar-refractivity contribution in [2.45, 2.75) is 45.6 Å². The summed E-state index contributed by atoms with van der Waals surface area (Å²) in [6.07, 6.45) is 5.24. The molecule has 2 atom stereocenters. The van der Waals surface area contributed by atoms with E-state index >= 15 is 0 Å². The summed E-state index contributed by atoms with van der Waals surface area (Å²) >= 11 is 0. The van der Waals surface area contributed by atoms with Crippen LogP contribution in [0.3, 0.4) is 0 Å². The number of ether oxygens (including phenoxy) is 1. The molecule has 0 bridgehead atoms. The first-order valence-electron chi connectivity index (χ1n) is 9.73. The molecular formula is C23H27NO3. The van der Waals surface area contributed by atoms with Gasteiger partial charge in [-0.05, 0) is 54.7 Å². The Morgan fingerprint density at radius 3 is 2.63 bits per heavy atom. The number of amides is 1. The summed E-state index contributed by atoms with van der Waals surface area (Å²) in [6, 6.07) is 14.2. The maximum absolute atomic E-state index is 12.5. The minimum absolute atomic E-state index is 0.147. The Morgan fingerprint density at radius 1 is 1.11 bits per heavy atom. The van der Waals surface area contributed by atoms with Crippen LogP contribution in [0, 0.1) is 5.92 Å². The van der Waals surface area contributed by atoms with Gasteiger partial charge in [0.15, 0.2) is 0 Å². The van der Waals surface area contributed by atoms with Gasteiger partial charge in [0.2, 0.25) is 5.91 Å². The maximum atomic E-state index is 12.5. The average Bonchev–Trinajstić information content (AvgIpc) is 2.68. The predicted molar refractivity (Wildman–Crippen MR) is 108 cm³/mol. The van der Waals surface area contributed by atoms with Crippen LogP contribution < -0.4 is 5.32 Å². The van der Waals surface area contributed by atoms with Crippen LogP contribution in [0.25, 0.3) is 16.3 Å². The molecule has 0 heterocycles. The molecule has 27 heavy (non-hydrogen) atoms. The lowest BCUT2D eigenvalue weighted by molar-refractivity contribution is -0.150. The monoisotopic (exact) mass is 365 g/mol. The fourth-order valence-corrected chi connectivity index (χ4v) is 3.77. The van der Waals surface area contributed by atoms with E-state index in [2.05, 4.69) is 29.6 Å². The summed E-state index contributed by atoms with van der Waals surface area (Å²) in [4.78, 5) is 24.7. The Hall–Kier alpha value is -2.62. The maximum Gasteiger partial charge on any atom is 0.311 e. The molecule has 4 heteroatoms. The van der Waals surface area contributed by atoms with Gasteiger partial charge in [0.05, 0.1) is 12.5 Å². The third-order valence-corrected chi connectivity index (χ3v) is 5.24. The number of hydrogen-bond acceptors (Lipinski definition) is 3. The third-order valence-electron chi connectivity index (χ3n) is 5.24. The number of allylic oxidation sites excluding steroid dienone is 1. The largest absolute Gasteiger partial charge is 0.466 e. The molecule has 1 fully saturated rings. The van der Waals surface area contributed by atoms with Crippen molar-refractivity contribution in [2.24, 2.45) is 5.92 Å². The zero-order chi connectivity index (χ0) is 19.2. The molecule has 2 aromatic rings. The highest BCUT2D eigenvalue weighted by Crippen LogP contribution is 2.26. The molecule has 1 aliphatic carbocycles. The molecule has 2 aromatic carbocycles. The van der Waals surface area contributed by atoms with Gasteiger partial charge in [-0.15, -0.1) is 0 Å². The molecule has 1 aliphatic rings. The predicted octanol–water partition coefficient (Wildman–Crippen LogP) is 4.48. The van der Waals surface area contributed by atoms with Crippen LogP contribution >= 0.6 is 0 Å². The van der Waals surface area contributed by atoms with Gasteiger partial charge >= 0.3 is 5.97 Å². The molecule has 0 saturated heterocycles. The summed E-state index contributed by atoms with van der Waals surface area (Å²) in [7, 11) is 0. The van der Waals surface area contributed by atoms with Gasteiger partial charge in [-0.2, -0.15) is 0 Å². The van der Waals surface area contributed by atoms with Gasteiger partial charge in [-0.1, -0.05) is 49.2 Å². The van der Waals surface area contributed by atoms with Crippen molar-refractivity contribution in [3.05, 3.63) is 54.1 Å². The van der Waals surface area contributed by atoms with E-state index in [0.29, 0.717) is 6.61 Å². The van der Waals surface area contributed by atoms with E-state index in [0.717, 1.165) is 42.2 Å². The number of fused-ring (bicyclic) bond motifs is 1. The number of hydrogen-bond donors (Lipinski definition) is 1. The van der Waals surface area contributed by atoms with Crippen LogP contribution in [0.2, 0.25) is 0 Å². The molecule has 0 unspecified atom stereocenters. The molecule has 1 amide bonds. The van der Waals surface area contributed by atoms with Crippen LogP contribution in [0.15, 0.2) is 48.5 Å². The van der Waals surface area contributed by atoms with Crippen molar-refractivity contribution >= 4 is 28.2 Å². The number of carbonyl (C=O) groups excluding carboxylic acids is 2. The van der Waals surface area contributed by atoms with Crippen molar-refractivity contribution in [3.63, 3.8) is 0 Å². The molecule has 1 N–H and O–H groups in total. The molecule has 3 rings (SSSR count). The summed E-state index contributed by atoms with van der Waals surface area (Å²) in [5.74, 6) is -0.586. The first kappa shape index (κ1) is 19.2. The quantitative estimate of drug-likeness (QED) is 0.628. The first-order valence-corrected chi connectivity index (χ1v) is 9.73. The Labute approximate surface area is 160 Å². The molecule has 4 nitrogen and oxygen atoms in total. The zero-order valence-corrected chi connectivity index (χ0v) is 16.0. The Balaban J connectivity index is 1.71. The summed E-state index contributed by atoms with van der Waals surface area (Å²) in [5, 5.41) is 5.36. The van der Waals surface area contributed by atoms with Crippen LogP contribution in [0.4, 0.5) is 0 Å². The lowest BCUT2D eigenvalue weighted by Crippen LogP contribution is -2.45. The van der Waals surface area contributed by atoms with Crippen molar-refractivity contribution in [1.82, 2.24) is 5.32 Å². The minimum Gasteiger partial charge on any atom is -0.466 e. The van der Waals surface area contributed by atoms with Crippen LogP contribution in [-0.2, 0) is 14.3 Å². The molecule has 0 spiro atoms. The highest BCUT2D eigenvalue weighted by molar-refractivity contribution is 5.96. The second kappa shape index (κ2) is 8.85. The second-order valence-corrected chi connectivity index (χ2v) is 7.15. The van der Waals surface area contributed by atoms with E-state index in [1.807, 2.05) is 32.0 Å². The van der Waals surface area contributed by atoms with Gasteiger partial charge < -0.3 is 10.1 Å². The number of esters is 1. The molecule has 142 valence electrons. The normalized spacial score (nSPS) is 20.3. The van der Waals surface area contributed by atoms with Crippen LogP contribution in [-0.4, -0.2) is 24.5 Å². The van der Waals surface area contributed by atoms with Gasteiger partial charge in [-0.3, -0.25) is 9.59 Å². The van der Waals surface area contributed by atoms with E-state index in [1.54, 1.807) is 6.08 Å². The topological polar surface area (TPSA) is 55.4 Å². The Bertz CT molecular complexity index is 856. The minimum atomic E-state index is -0.239. The fraction of sp³-hybridized carbons (Fsp3) is 0.391. The number of carbonyl (C=O) groups is 2. The summed E-state index contributed by atoms with van der Waals surface area (Å²) in [6.45, 7) is 4.12. The van der Waals surface area contributed by atoms with E-state index in [9.17, 15) is 9.59 Å². The highest BCUT2D eigenvalue weighted by Gasteiger charge is 2.32. The molecule has 0 aliphatic heterocycles. The number of benzene rings is 2. The Kier molecular flexibility index (Phi) is 6.28. The van der Waals surface area contributed by atoms with Gasteiger partial charge in [-0.25, -0.2) is 0 Å². The van der Waals surface area contributed by atoms with Crippen molar-refractivity contribution in [1.29, 1.82) is 0 Å². The fourth-order valence-electron chi connectivity index (χ4n) is 3.77. The summed E-state index contributed by atoms with van der Waals surface area (Å²) in [5.41, 5.74) is 1.93. The van der Waals surface area contributed by atoms with Gasteiger partial charge in [0.25, 0.3) is 0 Å². The van der Waals surface area contributed by atoms with Gasteiger partial charge in [0.1, 0.15) is 0 Å². The van der Waals surface area contributed by atoms with Crippen LogP contribution in [0.1, 0.15) is 45.1 Å². The second-order valence-electron chi connectivity index (χ2n) is 7.15. The van der Waals surface area contributed by atoms with E-state index < -0.39 is 0 Å². The number of rotatable bonds is 5. The van der Waals surface area contributed by atoms with E-state index in [4.69, 9.17) is 4.74 Å². The van der Waals surface area contributed by atoms with E-state index in [-0.39, 0.29) is 23.8 Å². The number of nitrogens with one attached hydrogen (secondary N) is 1. The molecular weight excluding hydrogens is 338 g/mol. The summed E-state index contributed by atoms with van der Waals surface area (Å²) < 4.78 is 5.18. The van der Waals surface area contributed by atoms with Crippen molar-refractivity contribution in [2.75, 3.05) is 6.61 Å².